The van der Waals surface area contributed by atoms with Crippen LogP contribution in [0.5, 0.6) is 0 Å². The summed E-state index contributed by atoms with van der Waals surface area (Å²) in [5, 5.41) is 7.45. The molecule has 6 nitrogen and oxygen atoms in total. The number of rotatable bonds is 5. The summed E-state index contributed by atoms with van der Waals surface area (Å²) in [5.41, 5.74) is 3.44. The first-order valence-electron chi connectivity index (χ1n) is 9.09. The summed E-state index contributed by atoms with van der Waals surface area (Å²) < 4.78 is 25.2. The van der Waals surface area contributed by atoms with Gasteiger partial charge in [-0.15, -0.1) is 0 Å². The molecule has 0 radical (unpaired) electrons. The van der Waals surface area contributed by atoms with Gasteiger partial charge in [0.2, 0.25) is 0 Å². The van der Waals surface area contributed by atoms with E-state index in [4.69, 9.17) is 0 Å². The van der Waals surface area contributed by atoms with Crippen molar-refractivity contribution in [2.75, 3.05) is 18.1 Å². The van der Waals surface area contributed by atoms with Gasteiger partial charge in [-0.2, -0.15) is 5.10 Å². The van der Waals surface area contributed by atoms with E-state index in [1.54, 1.807) is 4.68 Å². The Morgan fingerprint density at radius 3 is 2.80 bits per heavy atom. The van der Waals surface area contributed by atoms with Gasteiger partial charge < -0.3 is 5.32 Å². The number of aryl methyl sites for hydroxylation is 1. The number of amides is 1. The van der Waals surface area contributed by atoms with Crippen molar-refractivity contribution in [3.63, 3.8) is 0 Å². The maximum Gasteiger partial charge on any atom is 0.255 e. The third-order valence-electron chi connectivity index (χ3n) is 5.22. The molecule has 3 rings (SSSR count). The fraction of sp³-hybridized carbons (Fsp3) is 0.667. The molecule has 1 aromatic heterocycles. The van der Waals surface area contributed by atoms with Crippen LogP contribution in [-0.4, -0.2) is 42.2 Å². The number of hydrogen-bond acceptors (Lipinski definition) is 4. The molecule has 25 heavy (non-hydrogen) atoms. The fourth-order valence-electron chi connectivity index (χ4n) is 3.87. The van der Waals surface area contributed by atoms with E-state index in [2.05, 4.69) is 16.5 Å². The standard InChI is InChI=1S/C18H27N3O3S/c1-13-17(18(22)19-10-8-15-6-4-3-5-7-15)14(2)21(20-13)16-9-11-25(23,24)12-16/h6,16H,3-5,7-12H2,1-2H3,(H,19,22). The number of carbonyl (C=O) groups excluding carboxylic acids is 1. The molecule has 2 heterocycles. The third-order valence-corrected chi connectivity index (χ3v) is 6.97. The van der Waals surface area contributed by atoms with Crippen molar-refractivity contribution in [3.05, 3.63) is 28.6 Å². The normalized spacial score (nSPS) is 22.6. The minimum Gasteiger partial charge on any atom is -0.352 e. The lowest BCUT2D eigenvalue weighted by atomic mass is 9.97. The third kappa shape index (κ3) is 4.14. The Hall–Kier alpha value is -1.63. The Bertz CT molecular complexity index is 793. The zero-order valence-electron chi connectivity index (χ0n) is 15.0. The van der Waals surface area contributed by atoms with Crippen molar-refractivity contribution in [1.82, 2.24) is 15.1 Å². The largest absolute Gasteiger partial charge is 0.352 e. The Kier molecular flexibility index (Phi) is 5.32. The fourth-order valence-corrected chi connectivity index (χ4v) is 5.56. The molecule has 1 aliphatic heterocycles. The van der Waals surface area contributed by atoms with Gasteiger partial charge in [0, 0.05) is 12.2 Å². The predicted octanol–water partition coefficient (Wildman–Crippen LogP) is 2.48. The molecular formula is C18H27N3O3S. The number of sulfone groups is 1. The second-order valence-electron chi connectivity index (χ2n) is 7.16. The van der Waals surface area contributed by atoms with E-state index in [-0.39, 0.29) is 23.5 Å². The molecule has 7 heteroatoms. The second kappa shape index (κ2) is 7.32. The summed E-state index contributed by atoms with van der Waals surface area (Å²) >= 11 is 0. The molecule has 0 bridgehead atoms. The van der Waals surface area contributed by atoms with Crippen molar-refractivity contribution >= 4 is 15.7 Å². The Labute approximate surface area is 149 Å². The lowest BCUT2D eigenvalue weighted by molar-refractivity contribution is 0.0952. The Balaban J connectivity index is 1.65. The van der Waals surface area contributed by atoms with Crippen molar-refractivity contribution in [2.24, 2.45) is 0 Å². The van der Waals surface area contributed by atoms with Crippen molar-refractivity contribution < 1.29 is 13.2 Å². The van der Waals surface area contributed by atoms with Crippen LogP contribution in [0.3, 0.4) is 0 Å². The van der Waals surface area contributed by atoms with Gasteiger partial charge in [0.25, 0.3) is 5.91 Å². The molecule has 1 unspecified atom stereocenters. The van der Waals surface area contributed by atoms with E-state index in [0.717, 1.165) is 25.0 Å². The Morgan fingerprint density at radius 2 is 2.16 bits per heavy atom. The SMILES string of the molecule is Cc1nn(C2CCS(=O)(=O)C2)c(C)c1C(=O)NCCC1=CCCCC1. The zero-order chi connectivity index (χ0) is 18.0. The molecule has 1 N–H and O–H groups in total. The molecule has 1 aromatic rings. The summed E-state index contributed by atoms with van der Waals surface area (Å²) in [6.07, 6.45) is 8.57. The van der Waals surface area contributed by atoms with Crippen LogP contribution in [0.25, 0.3) is 0 Å². The maximum absolute atomic E-state index is 12.6. The van der Waals surface area contributed by atoms with Crippen LogP contribution in [-0.2, 0) is 9.84 Å². The maximum atomic E-state index is 12.6. The van der Waals surface area contributed by atoms with Crippen LogP contribution < -0.4 is 5.32 Å². The van der Waals surface area contributed by atoms with Crippen LogP contribution in [0.4, 0.5) is 0 Å². The van der Waals surface area contributed by atoms with Gasteiger partial charge in [-0.25, -0.2) is 8.42 Å². The quantitative estimate of drug-likeness (QED) is 0.813. The number of carbonyl (C=O) groups is 1. The number of allylic oxidation sites excluding steroid dienone is 1. The predicted molar refractivity (Wildman–Crippen MR) is 97.5 cm³/mol. The number of nitrogens with one attached hydrogen (secondary N) is 1. The van der Waals surface area contributed by atoms with Gasteiger partial charge in [-0.05, 0) is 52.4 Å². The van der Waals surface area contributed by atoms with Crippen LogP contribution in [0.2, 0.25) is 0 Å². The van der Waals surface area contributed by atoms with E-state index in [0.29, 0.717) is 24.2 Å². The van der Waals surface area contributed by atoms with E-state index < -0.39 is 9.84 Å². The molecule has 0 saturated carbocycles. The average Bonchev–Trinajstić information content (AvgIpc) is 3.07. The lowest BCUT2D eigenvalue weighted by Crippen LogP contribution is -2.26. The van der Waals surface area contributed by atoms with Crippen molar-refractivity contribution in [1.29, 1.82) is 0 Å². The monoisotopic (exact) mass is 365 g/mol. The highest BCUT2D eigenvalue weighted by molar-refractivity contribution is 7.91. The van der Waals surface area contributed by atoms with Gasteiger partial charge in [0.1, 0.15) is 0 Å². The van der Waals surface area contributed by atoms with Crippen molar-refractivity contribution in [2.45, 2.75) is 58.4 Å². The smallest absolute Gasteiger partial charge is 0.255 e. The summed E-state index contributed by atoms with van der Waals surface area (Å²) in [6, 6.07) is -0.155. The molecule has 1 fully saturated rings. The molecule has 138 valence electrons. The van der Waals surface area contributed by atoms with Crippen LogP contribution >= 0.6 is 0 Å². The van der Waals surface area contributed by atoms with E-state index >= 15 is 0 Å². The highest BCUT2D eigenvalue weighted by Gasteiger charge is 2.32. The number of nitrogens with zero attached hydrogens (tertiary/aromatic N) is 2. The minimum atomic E-state index is -2.98. The van der Waals surface area contributed by atoms with Crippen LogP contribution in [0, 0.1) is 13.8 Å². The van der Waals surface area contributed by atoms with Crippen molar-refractivity contribution in [3.8, 4) is 0 Å². The van der Waals surface area contributed by atoms with Crippen LogP contribution in [0.15, 0.2) is 11.6 Å². The molecule has 1 atom stereocenters. The number of hydrogen-bond donors (Lipinski definition) is 1. The molecule has 2 aliphatic rings. The highest BCUT2D eigenvalue weighted by Crippen LogP contribution is 2.27. The van der Waals surface area contributed by atoms with Crippen LogP contribution in [0.1, 0.15) is 66.3 Å². The average molecular weight is 365 g/mol. The van der Waals surface area contributed by atoms with Gasteiger partial charge in [-0.3, -0.25) is 9.48 Å². The van der Waals surface area contributed by atoms with Gasteiger partial charge in [0.15, 0.2) is 9.84 Å². The topological polar surface area (TPSA) is 81.1 Å². The molecule has 1 amide bonds. The first-order valence-corrected chi connectivity index (χ1v) is 10.9. The van der Waals surface area contributed by atoms with E-state index in [1.165, 1.54) is 18.4 Å². The summed E-state index contributed by atoms with van der Waals surface area (Å²) in [5.74, 6) is 0.204. The molecule has 0 aromatic carbocycles. The molecule has 0 spiro atoms. The van der Waals surface area contributed by atoms with Gasteiger partial charge in [-0.1, -0.05) is 11.6 Å². The molecule has 1 saturated heterocycles. The molecular weight excluding hydrogens is 338 g/mol. The Morgan fingerprint density at radius 1 is 1.36 bits per heavy atom. The summed E-state index contributed by atoms with van der Waals surface area (Å²) in [4.78, 5) is 12.6. The first kappa shape index (κ1) is 18.2. The van der Waals surface area contributed by atoms with E-state index in [9.17, 15) is 13.2 Å². The number of aromatic nitrogens is 2. The summed E-state index contributed by atoms with van der Waals surface area (Å²) in [7, 11) is -2.98. The highest BCUT2D eigenvalue weighted by atomic mass is 32.2. The first-order chi connectivity index (χ1) is 11.9. The molecule has 1 aliphatic carbocycles. The second-order valence-corrected chi connectivity index (χ2v) is 9.39. The minimum absolute atomic E-state index is 0.112. The van der Waals surface area contributed by atoms with Gasteiger partial charge >= 0.3 is 0 Å². The van der Waals surface area contributed by atoms with E-state index in [1.807, 2.05) is 13.8 Å². The zero-order valence-corrected chi connectivity index (χ0v) is 15.9. The van der Waals surface area contributed by atoms with Gasteiger partial charge in [0.05, 0.1) is 28.8 Å². The summed E-state index contributed by atoms with van der Waals surface area (Å²) in [6.45, 7) is 4.29. The lowest BCUT2D eigenvalue weighted by Gasteiger charge is -2.13.